The van der Waals surface area contributed by atoms with E-state index in [2.05, 4.69) is 5.10 Å². The first-order valence-corrected chi connectivity index (χ1v) is 10.4. The van der Waals surface area contributed by atoms with E-state index in [0.29, 0.717) is 16.8 Å². The Hall–Kier alpha value is -3.01. The van der Waals surface area contributed by atoms with Crippen LogP contribution in [0.25, 0.3) is 16.8 Å². The van der Waals surface area contributed by atoms with E-state index in [1.54, 1.807) is 13.0 Å². The zero-order valence-corrected chi connectivity index (χ0v) is 18.9. The van der Waals surface area contributed by atoms with Crippen molar-refractivity contribution in [3.8, 4) is 16.8 Å². The van der Waals surface area contributed by atoms with Gasteiger partial charge in [0.1, 0.15) is 0 Å². The van der Waals surface area contributed by atoms with Crippen LogP contribution in [0.4, 0.5) is 26.3 Å². The van der Waals surface area contributed by atoms with Gasteiger partial charge in [0.05, 0.1) is 29.1 Å². The average Bonchev–Trinajstić information content (AvgIpc) is 3.21. The average molecular weight is 505 g/mol. The van der Waals surface area contributed by atoms with Crippen LogP contribution < -0.4 is 0 Å². The van der Waals surface area contributed by atoms with E-state index >= 15 is 0 Å². The Bertz CT molecular complexity index is 1200. The van der Waals surface area contributed by atoms with Crippen LogP contribution in [0.3, 0.4) is 0 Å². The molecule has 182 valence electrons. The molecule has 0 spiro atoms. The second kappa shape index (κ2) is 9.32. The van der Waals surface area contributed by atoms with Crippen LogP contribution in [-0.4, -0.2) is 35.0 Å². The first-order valence-electron chi connectivity index (χ1n) is 9.98. The maximum atomic E-state index is 14.5. The van der Waals surface area contributed by atoms with Gasteiger partial charge in [0, 0.05) is 17.3 Å². The normalized spacial score (nSPS) is 13.7. The number of aromatic nitrogens is 2. The molecule has 0 saturated heterocycles. The van der Waals surface area contributed by atoms with E-state index in [1.165, 1.54) is 43.1 Å². The number of alkyl halides is 6. The van der Waals surface area contributed by atoms with E-state index in [4.69, 9.17) is 16.3 Å². The molecule has 0 aliphatic rings. The van der Waals surface area contributed by atoms with Gasteiger partial charge >= 0.3 is 12.1 Å². The Morgan fingerprint density at radius 2 is 1.74 bits per heavy atom. The minimum Gasteiger partial charge on any atom is -0.462 e. The quantitative estimate of drug-likeness (QED) is 0.269. The lowest BCUT2D eigenvalue weighted by Crippen LogP contribution is -2.44. The van der Waals surface area contributed by atoms with Crippen LogP contribution >= 0.6 is 11.6 Å². The summed E-state index contributed by atoms with van der Waals surface area (Å²) in [6.07, 6.45) is -7.14. The number of nitrogens with zero attached hydrogens (tertiary/aromatic N) is 2. The fourth-order valence-electron chi connectivity index (χ4n) is 3.66. The second-order valence-corrected chi connectivity index (χ2v) is 7.96. The SMILES string of the molecule is CCOC(=O)c1cc(-n2cc(-c3c(C)cc(C(F)(C(F)F)C(F)(F)F)cc3C)cn2)ccc1Cl. The van der Waals surface area contributed by atoms with E-state index in [9.17, 15) is 31.1 Å². The monoisotopic (exact) mass is 504 g/mol. The van der Waals surface area contributed by atoms with Crippen LogP contribution in [0.5, 0.6) is 0 Å². The van der Waals surface area contributed by atoms with Crippen molar-refractivity contribution in [3.63, 3.8) is 0 Å². The highest BCUT2D eigenvalue weighted by molar-refractivity contribution is 6.33. The summed E-state index contributed by atoms with van der Waals surface area (Å²) >= 11 is 6.07. The van der Waals surface area contributed by atoms with Gasteiger partial charge in [0.25, 0.3) is 12.1 Å². The molecule has 1 atom stereocenters. The van der Waals surface area contributed by atoms with Crippen LogP contribution in [0, 0.1) is 13.8 Å². The van der Waals surface area contributed by atoms with Gasteiger partial charge in [0.2, 0.25) is 0 Å². The highest BCUT2D eigenvalue weighted by Crippen LogP contribution is 2.48. The zero-order chi connectivity index (χ0) is 25.4. The van der Waals surface area contributed by atoms with Crippen LogP contribution in [0.2, 0.25) is 5.02 Å². The number of ether oxygens (including phenoxy) is 1. The molecular formula is C23H19ClF6N2O2. The summed E-state index contributed by atoms with van der Waals surface area (Å²) in [5, 5.41) is 4.38. The molecule has 0 bridgehead atoms. The van der Waals surface area contributed by atoms with E-state index in [1.807, 2.05) is 0 Å². The number of carbonyl (C=O) groups is 1. The van der Waals surface area contributed by atoms with Gasteiger partial charge in [-0.1, -0.05) is 23.7 Å². The molecule has 0 saturated carbocycles. The summed E-state index contributed by atoms with van der Waals surface area (Å²) in [4.78, 5) is 12.1. The van der Waals surface area contributed by atoms with Gasteiger partial charge in [-0.05, 0) is 55.7 Å². The van der Waals surface area contributed by atoms with Crippen LogP contribution in [-0.2, 0) is 10.4 Å². The number of hydrogen-bond acceptors (Lipinski definition) is 3. The number of rotatable bonds is 6. The van der Waals surface area contributed by atoms with Gasteiger partial charge in [-0.25, -0.2) is 22.6 Å². The van der Waals surface area contributed by atoms with E-state index in [-0.39, 0.29) is 28.3 Å². The summed E-state index contributed by atoms with van der Waals surface area (Å²) in [5.74, 6) is -0.623. The van der Waals surface area contributed by atoms with Gasteiger partial charge in [-0.15, -0.1) is 0 Å². The molecule has 0 fully saturated rings. The summed E-state index contributed by atoms with van der Waals surface area (Å²) in [6.45, 7) is 4.59. The molecule has 1 heterocycles. The molecule has 1 aromatic heterocycles. The maximum absolute atomic E-state index is 14.5. The number of carbonyl (C=O) groups excluding carboxylic acids is 1. The van der Waals surface area contributed by atoms with Crippen LogP contribution in [0.15, 0.2) is 42.7 Å². The van der Waals surface area contributed by atoms with E-state index in [0.717, 1.165) is 12.1 Å². The molecule has 34 heavy (non-hydrogen) atoms. The zero-order valence-electron chi connectivity index (χ0n) is 18.2. The van der Waals surface area contributed by atoms with Gasteiger partial charge in [0.15, 0.2) is 0 Å². The molecule has 2 aromatic carbocycles. The molecular weight excluding hydrogens is 486 g/mol. The summed E-state index contributed by atoms with van der Waals surface area (Å²) in [7, 11) is 0. The second-order valence-electron chi connectivity index (χ2n) is 7.55. The molecule has 3 rings (SSSR count). The largest absolute Gasteiger partial charge is 0.462 e. The van der Waals surface area contributed by atoms with Crippen molar-refractivity contribution in [2.45, 2.75) is 39.0 Å². The lowest BCUT2D eigenvalue weighted by molar-refractivity contribution is -0.274. The van der Waals surface area contributed by atoms with Crippen LogP contribution in [0.1, 0.15) is 34.0 Å². The van der Waals surface area contributed by atoms with Gasteiger partial charge in [-0.2, -0.15) is 18.3 Å². The predicted octanol–water partition coefficient (Wildman–Crippen LogP) is 6.98. The Kier molecular flexibility index (Phi) is 7.02. The first kappa shape index (κ1) is 25.6. The van der Waals surface area contributed by atoms with Crippen molar-refractivity contribution in [3.05, 3.63) is 70.0 Å². The number of benzene rings is 2. The Morgan fingerprint density at radius 1 is 1.12 bits per heavy atom. The summed E-state index contributed by atoms with van der Waals surface area (Å²) < 4.78 is 86.7. The fourth-order valence-corrected chi connectivity index (χ4v) is 3.85. The number of halogens is 7. The molecule has 0 N–H and O–H groups in total. The highest BCUT2D eigenvalue weighted by Gasteiger charge is 2.64. The van der Waals surface area contributed by atoms with Gasteiger partial charge in [-0.3, -0.25) is 0 Å². The summed E-state index contributed by atoms with van der Waals surface area (Å²) in [5.41, 5.74) is -4.22. The smallest absolute Gasteiger partial charge is 0.432 e. The molecule has 4 nitrogen and oxygen atoms in total. The standard InChI is InChI=1S/C23H19ClF6N2O2/c1-4-34-20(33)17-9-16(5-6-18(17)24)32-11-14(10-31-32)19-12(2)7-15(8-13(19)3)22(27,21(25)26)23(28,29)30/h5-11,21H,4H2,1-3H3. The molecule has 0 radical (unpaired) electrons. The van der Waals surface area contributed by atoms with Crippen molar-refractivity contribution in [2.75, 3.05) is 6.61 Å². The molecule has 3 aromatic rings. The van der Waals surface area contributed by atoms with Crippen molar-refractivity contribution in [1.82, 2.24) is 9.78 Å². The third-order valence-electron chi connectivity index (χ3n) is 5.25. The predicted molar refractivity (Wildman–Crippen MR) is 114 cm³/mol. The molecule has 0 aliphatic heterocycles. The number of esters is 1. The highest BCUT2D eigenvalue weighted by atomic mass is 35.5. The van der Waals surface area contributed by atoms with Gasteiger partial charge < -0.3 is 4.74 Å². The third kappa shape index (κ3) is 4.51. The van der Waals surface area contributed by atoms with Crippen molar-refractivity contribution in [2.24, 2.45) is 0 Å². The maximum Gasteiger partial charge on any atom is 0.432 e. The minimum atomic E-state index is -5.79. The number of hydrogen-bond donors (Lipinski definition) is 0. The minimum absolute atomic E-state index is 0.119. The Labute approximate surface area is 196 Å². The van der Waals surface area contributed by atoms with Crippen molar-refractivity contribution in [1.29, 1.82) is 0 Å². The molecule has 1 unspecified atom stereocenters. The molecule has 11 heteroatoms. The third-order valence-corrected chi connectivity index (χ3v) is 5.58. The summed E-state index contributed by atoms with van der Waals surface area (Å²) in [6, 6.07) is 6.07. The lowest BCUT2D eigenvalue weighted by atomic mass is 9.88. The molecule has 0 amide bonds. The topological polar surface area (TPSA) is 44.1 Å². The first-order chi connectivity index (χ1) is 15.8. The van der Waals surface area contributed by atoms with Crippen molar-refractivity contribution >= 4 is 17.6 Å². The number of aryl methyl sites for hydroxylation is 2. The lowest BCUT2D eigenvalue weighted by Gasteiger charge is -2.28. The van der Waals surface area contributed by atoms with Crippen molar-refractivity contribution < 1.29 is 35.9 Å². The molecule has 0 aliphatic carbocycles. The fraction of sp³-hybridized carbons (Fsp3) is 0.304. The Morgan fingerprint density at radius 3 is 2.26 bits per heavy atom. The Balaban J connectivity index is 2.04. The van der Waals surface area contributed by atoms with E-state index < -0.39 is 29.8 Å².